The standard InChI is InChI=1S/C25H22N2O3/c1-29-19-11-7-17(8-12-19)16-26-25(28)22-15-24(18-9-13-20(30-2)14-10-18)27-23-6-4-3-5-21(22)23/h3-15H,16H2,1-2H3,(H,26,28). The van der Waals surface area contributed by atoms with E-state index < -0.39 is 0 Å². The molecule has 1 amide bonds. The zero-order valence-electron chi connectivity index (χ0n) is 16.9. The second-order valence-corrected chi connectivity index (χ2v) is 6.83. The van der Waals surface area contributed by atoms with Crippen molar-refractivity contribution >= 4 is 16.8 Å². The number of nitrogens with zero attached hydrogens (tertiary/aromatic N) is 1. The molecule has 0 fully saturated rings. The fourth-order valence-corrected chi connectivity index (χ4v) is 3.29. The van der Waals surface area contributed by atoms with Crippen molar-refractivity contribution in [2.24, 2.45) is 0 Å². The molecule has 0 unspecified atom stereocenters. The minimum Gasteiger partial charge on any atom is -0.497 e. The highest BCUT2D eigenvalue weighted by Crippen LogP contribution is 2.26. The SMILES string of the molecule is COc1ccc(CNC(=O)c2cc(-c3ccc(OC)cc3)nc3ccccc23)cc1. The van der Waals surface area contributed by atoms with Crippen molar-refractivity contribution in [2.45, 2.75) is 6.54 Å². The maximum atomic E-state index is 13.1. The molecule has 0 aliphatic carbocycles. The topological polar surface area (TPSA) is 60.5 Å². The van der Waals surface area contributed by atoms with Crippen molar-refractivity contribution in [1.82, 2.24) is 10.3 Å². The molecule has 5 heteroatoms. The molecule has 0 saturated heterocycles. The molecule has 0 radical (unpaired) electrons. The molecule has 0 bridgehead atoms. The first-order valence-electron chi connectivity index (χ1n) is 9.63. The summed E-state index contributed by atoms with van der Waals surface area (Å²) < 4.78 is 10.4. The summed E-state index contributed by atoms with van der Waals surface area (Å²) in [7, 11) is 3.26. The largest absolute Gasteiger partial charge is 0.497 e. The number of pyridine rings is 1. The molecule has 150 valence electrons. The molecule has 30 heavy (non-hydrogen) atoms. The van der Waals surface area contributed by atoms with Gasteiger partial charge in [-0.05, 0) is 54.1 Å². The van der Waals surface area contributed by atoms with Crippen LogP contribution in [0, 0.1) is 0 Å². The van der Waals surface area contributed by atoms with Gasteiger partial charge in [0, 0.05) is 17.5 Å². The second-order valence-electron chi connectivity index (χ2n) is 6.83. The molecule has 1 heterocycles. The van der Waals surface area contributed by atoms with Gasteiger partial charge in [0.15, 0.2) is 0 Å². The van der Waals surface area contributed by atoms with E-state index in [1.807, 2.05) is 78.9 Å². The van der Waals surface area contributed by atoms with E-state index in [0.29, 0.717) is 12.1 Å². The number of rotatable bonds is 6. The smallest absolute Gasteiger partial charge is 0.252 e. The van der Waals surface area contributed by atoms with Crippen LogP contribution in [0.4, 0.5) is 0 Å². The minimum absolute atomic E-state index is 0.140. The maximum absolute atomic E-state index is 13.1. The molecule has 0 saturated carbocycles. The number of hydrogen-bond donors (Lipinski definition) is 1. The zero-order valence-corrected chi connectivity index (χ0v) is 16.9. The molecule has 5 nitrogen and oxygen atoms in total. The number of hydrogen-bond acceptors (Lipinski definition) is 4. The van der Waals surface area contributed by atoms with Crippen molar-refractivity contribution < 1.29 is 14.3 Å². The van der Waals surface area contributed by atoms with E-state index in [4.69, 9.17) is 14.5 Å². The van der Waals surface area contributed by atoms with Crippen LogP contribution in [0.1, 0.15) is 15.9 Å². The number of carbonyl (C=O) groups is 1. The number of benzene rings is 3. The van der Waals surface area contributed by atoms with Gasteiger partial charge < -0.3 is 14.8 Å². The Bertz CT molecular complexity index is 1170. The first kappa shape index (κ1) is 19.5. The zero-order chi connectivity index (χ0) is 20.9. The second kappa shape index (κ2) is 8.66. The Balaban J connectivity index is 1.64. The normalized spacial score (nSPS) is 10.6. The van der Waals surface area contributed by atoms with Crippen molar-refractivity contribution in [1.29, 1.82) is 0 Å². The van der Waals surface area contributed by atoms with E-state index in [0.717, 1.165) is 39.2 Å². The molecule has 4 rings (SSSR count). The van der Waals surface area contributed by atoms with Crippen LogP contribution < -0.4 is 14.8 Å². The average Bonchev–Trinajstić information content (AvgIpc) is 2.82. The van der Waals surface area contributed by atoms with Gasteiger partial charge in [-0.2, -0.15) is 0 Å². The highest BCUT2D eigenvalue weighted by atomic mass is 16.5. The summed E-state index contributed by atoms with van der Waals surface area (Å²) in [6.07, 6.45) is 0. The molecule has 0 aliphatic heterocycles. The maximum Gasteiger partial charge on any atom is 0.252 e. The highest BCUT2D eigenvalue weighted by Gasteiger charge is 2.14. The van der Waals surface area contributed by atoms with E-state index in [2.05, 4.69) is 5.32 Å². The molecule has 0 aliphatic rings. The van der Waals surface area contributed by atoms with Gasteiger partial charge >= 0.3 is 0 Å². The summed E-state index contributed by atoms with van der Waals surface area (Å²) in [5.74, 6) is 1.42. The van der Waals surface area contributed by atoms with Crippen LogP contribution in [-0.2, 0) is 6.54 Å². The van der Waals surface area contributed by atoms with Gasteiger partial charge in [0.25, 0.3) is 5.91 Å². The van der Waals surface area contributed by atoms with Gasteiger partial charge in [-0.25, -0.2) is 4.98 Å². The lowest BCUT2D eigenvalue weighted by Gasteiger charge is -2.11. The lowest BCUT2D eigenvalue weighted by Crippen LogP contribution is -2.23. The molecule has 0 spiro atoms. The van der Waals surface area contributed by atoms with Gasteiger partial charge in [-0.3, -0.25) is 4.79 Å². The molecule has 0 atom stereocenters. The van der Waals surface area contributed by atoms with Gasteiger partial charge in [0.05, 0.1) is 31.0 Å². The summed E-state index contributed by atoms with van der Waals surface area (Å²) >= 11 is 0. The average molecular weight is 398 g/mol. The van der Waals surface area contributed by atoms with E-state index in [1.54, 1.807) is 14.2 Å². The Morgan fingerprint density at radius 1 is 0.867 bits per heavy atom. The first-order chi connectivity index (χ1) is 14.7. The van der Waals surface area contributed by atoms with Gasteiger partial charge in [0.1, 0.15) is 11.5 Å². The predicted octanol–water partition coefficient (Wildman–Crippen LogP) is 4.85. The number of carbonyl (C=O) groups excluding carboxylic acids is 1. The van der Waals surface area contributed by atoms with Crippen LogP contribution in [0.25, 0.3) is 22.2 Å². The first-order valence-corrected chi connectivity index (χ1v) is 9.63. The summed E-state index contributed by atoms with van der Waals surface area (Å²) in [6, 6.07) is 24.8. The van der Waals surface area contributed by atoms with Gasteiger partial charge in [0.2, 0.25) is 0 Å². The number of aromatic nitrogens is 1. The Morgan fingerprint density at radius 3 is 2.17 bits per heavy atom. The van der Waals surface area contributed by atoms with Gasteiger partial charge in [-0.1, -0.05) is 30.3 Å². The molecular weight excluding hydrogens is 376 g/mol. The predicted molar refractivity (Wildman–Crippen MR) is 118 cm³/mol. The number of para-hydroxylation sites is 1. The van der Waals surface area contributed by atoms with Crippen molar-refractivity contribution in [3.63, 3.8) is 0 Å². The van der Waals surface area contributed by atoms with Crippen LogP contribution in [0.5, 0.6) is 11.5 Å². The highest BCUT2D eigenvalue weighted by molar-refractivity contribution is 6.07. The number of nitrogens with one attached hydrogen (secondary N) is 1. The van der Waals surface area contributed by atoms with E-state index in [1.165, 1.54) is 0 Å². The fourth-order valence-electron chi connectivity index (χ4n) is 3.29. The number of fused-ring (bicyclic) bond motifs is 1. The summed E-state index contributed by atoms with van der Waals surface area (Å²) in [5.41, 5.74) is 4.04. The van der Waals surface area contributed by atoms with E-state index in [9.17, 15) is 4.79 Å². The Hall–Kier alpha value is -3.86. The third kappa shape index (κ3) is 4.10. The molecular formula is C25H22N2O3. The Morgan fingerprint density at radius 2 is 1.50 bits per heavy atom. The van der Waals surface area contributed by atoms with Crippen LogP contribution in [0.2, 0.25) is 0 Å². The lowest BCUT2D eigenvalue weighted by molar-refractivity contribution is 0.0952. The molecule has 3 aromatic carbocycles. The van der Waals surface area contributed by atoms with E-state index in [-0.39, 0.29) is 5.91 Å². The van der Waals surface area contributed by atoms with Crippen molar-refractivity contribution in [2.75, 3.05) is 14.2 Å². The Kier molecular flexibility index (Phi) is 5.61. The lowest BCUT2D eigenvalue weighted by atomic mass is 10.0. The number of methoxy groups -OCH3 is 2. The monoisotopic (exact) mass is 398 g/mol. The van der Waals surface area contributed by atoms with Crippen LogP contribution >= 0.6 is 0 Å². The number of ether oxygens (including phenoxy) is 2. The quantitative estimate of drug-likeness (QED) is 0.504. The third-order valence-electron chi connectivity index (χ3n) is 4.96. The molecule has 1 aromatic heterocycles. The van der Waals surface area contributed by atoms with Crippen molar-refractivity contribution in [3.05, 3.63) is 90.0 Å². The van der Waals surface area contributed by atoms with Gasteiger partial charge in [-0.15, -0.1) is 0 Å². The van der Waals surface area contributed by atoms with Crippen LogP contribution in [-0.4, -0.2) is 25.1 Å². The molecule has 4 aromatic rings. The Labute approximate surface area is 175 Å². The minimum atomic E-state index is -0.140. The summed E-state index contributed by atoms with van der Waals surface area (Å²) in [6.45, 7) is 0.428. The van der Waals surface area contributed by atoms with Crippen LogP contribution in [0.3, 0.4) is 0 Å². The fraction of sp³-hybridized carbons (Fsp3) is 0.120. The third-order valence-corrected chi connectivity index (χ3v) is 4.96. The van der Waals surface area contributed by atoms with E-state index >= 15 is 0 Å². The summed E-state index contributed by atoms with van der Waals surface area (Å²) in [4.78, 5) is 17.8. The van der Waals surface area contributed by atoms with Crippen molar-refractivity contribution in [3.8, 4) is 22.8 Å². The molecule has 1 N–H and O–H groups in total. The number of amides is 1. The summed E-state index contributed by atoms with van der Waals surface area (Å²) in [5, 5.41) is 3.84. The van der Waals surface area contributed by atoms with Crippen LogP contribution in [0.15, 0.2) is 78.9 Å².